The number of fused-ring (bicyclic) bond motifs is 1. The number of hydrogen-bond donors (Lipinski definition) is 0. The van der Waals surface area contributed by atoms with Gasteiger partial charge in [-0.2, -0.15) is 0 Å². The number of ketones is 1. The molecule has 0 aromatic heterocycles. The largest absolute Gasteiger partial charge is 0.295 e. The molecule has 1 fully saturated rings. The van der Waals surface area contributed by atoms with Crippen molar-refractivity contribution < 1.29 is 13.6 Å². The van der Waals surface area contributed by atoms with Crippen LogP contribution in [0.25, 0.3) is 0 Å². The maximum absolute atomic E-state index is 13.3. The molecule has 1 nitrogen and oxygen atoms in total. The van der Waals surface area contributed by atoms with Crippen molar-refractivity contribution in [1.29, 1.82) is 0 Å². The minimum absolute atomic E-state index is 0.0411. The third-order valence-corrected chi connectivity index (χ3v) is 4.54. The highest BCUT2D eigenvalue weighted by atomic mass is 19.2. The monoisotopic (exact) mass is 274 g/mol. The zero-order valence-electron chi connectivity index (χ0n) is 11.1. The third kappa shape index (κ3) is 2.21. The van der Waals surface area contributed by atoms with Gasteiger partial charge in [-0.25, -0.2) is 8.78 Å². The van der Waals surface area contributed by atoms with E-state index in [1.807, 2.05) is 6.08 Å². The van der Waals surface area contributed by atoms with E-state index >= 15 is 0 Å². The maximum Gasteiger partial charge on any atom is 0.159 e. The molecule has 2 aliphatic rings. The van der Waals surface area contributed by atoms with Gasteiger partial charge in [0, 0.05) is 5.92 Å². The van der Waals surface area contributed by atoms with Gasteiger partial charge in [0.15, 0.2) is 17.4 Å². The Morgan fingerprint density at radius 3 is 2.70 bits per heavy atom. The number of carbonyl (C=O) groups is 1. The first-order valence-corrected chi connectivity index (χ1v) is 6.91. The second-order valence-electron chi connectivity index (χ2n) is 5.73. The van der Waals surface area contributed by atoms with Crippen LogP contribution in [0.15, 0.2) is 42.5 Å². The molecule has 2 aliphatic carbocycles. The summed E-state index contributed by atoms with van der Waals surface area (Å²) in [4.78, 5) is 12.1. The molecular weight excluding hydrogens is 258 g/mol. The normalized spacial score (nSPS) is 28.8. The highest BCUT2D eigenvalue weighted by Crippen LogP contribution is 2.45. The van der Waals surface area contributed by atoms with Gasteiger partial charge in [-0.3, -0.25) is 4.79 Å². The average Bonchev–Trinajstić information content (AvgIpc) is 2.83. The number of carbonyl (C=O) groups excluding carboxylic acids is 1. The third-order valence-electron chi connectivity index (χ3n) is 4.54. The van der Waals surface area contributed by atoms with Gasteiger partial charge in [-0.05, 0) is 54.9 Å². The molecule has 3 heteroatoms. The van der Waals surface area contributed by atoms with Crippen molar-refractivity contribution in [3.05, 3.63) is 59.7 Å². The van der Waals surface area contributed by atoms with Crippen LogP contribution < -0.4 is 0 Å². The van der Waals surface area contributed by atoms with Crippen molar-refractivity contribution in [3.63, 3.8) is 0 Å². The van der Waals surface area contributed by atoms with Gasteiger partial charge >= 0.3 is 0 Å². The lowest BCUT2D eigenvalue weighted by atomic mass is 9.76. The Kier molecular flexibility index (Phi) is 3.28. The second kappa shape index (κ2) is 4.97. The van der Waals surface area contributed by atoms with E-state index in [0.717, 1.165) is 30.0 Å². The molecular formula is C17H16F2O. The number of hydrogen-bond acceptors (Lipinski definition) is 1. The summed E-state index contributed by atoms with van der Waals surface area (Å²) in [5, 5.41) is 0. The second-order valence-corrected chi connectivity index (χ2v) is 5.73. The molecule has 1 aromatic rings. The van der Waals surface area contributed by atoms with Crippen molar-refractivity contribution in [3.8, 4) is 0 Å². The van der Waals surface area contributed by atoms with Gasteiger partial charge in [-0.1, -0.05) is 24.3 Å². The lowest BCUT2D eigenvalue weighted by molar-refractivity contribution is -0.120. The van der Waals surface area contributed by atoms with Gasteiger partial charge in [0.25, 0.3) is 0 Å². The van der Waals surface area contributed by atoms with Gasteiger partial charge in [0.2, 0.25) is 0 Å². The summed E-state index contributed by atoms with van der Waals surface area (Å²) < 4.78 is 26.2. The highest BCUT2D eigenvalue weighted by Gasteiger charge is 2.42. The first kappa shape index (κ1) is 13.2. The van der Waals surface area contributed by atoms with E-state index in [1.54, 1.807) is 12.1 Å². The molecule has 0 aliphatic heterocycles. The molecule has 3 rings (SSSR count). The summed E-state index contributed by atoms with van der Waals surface area (Å²) in [5.74, 6) is -1.13. The van der Waals surface area contributed by atoms with Crippen LogP contribution in [0, 0.1) is 29.4 Å². The van der Waals surface area contributed by atoms with Crippen molar-refractivity contribution in [2.45, 2.75) is 19.3 Å². The van der Waals surface area contributed by atoms with Gasteiger partial charge in [-0.15, -0.1) is 0 Å². The molecule has 0 N–H and O–H groups in total. The van der Waals surface area contributed by atoms with Crippen molar-refractivity contribution >= 4 is 5.78 Å². The SMILES string of the molecule is C=C1C=CC(=O)[C@@H]2[C@H](Cc3ccc(F)c(F)c3)CC[C@H]12. The van der Waals surface area contributed by atoms with Crippen LogP contribution in [0.4, 0.5) is 8.78 Å². The lowest BCUT2D eigenvalue weighted by Crippen LogP contribution is -2.28. The lowest BCUT2D eigenvalue weighted by Gasteiger charge is -2.26. The number of rotatable bonds is 2. The topological polar surface area (TPSA) is 17.1 Å². The summed E-state index contributed by atoms with van der Waals surface area (Å²) in [6, 6.07) is 3.99. The summed E-state index contributed by atoms with van der Waals surface area (Å²) in [6.07, 6.45) is 5.91. The molecule has 1 saturated carbocycles. The first-order valence-electron chi connectivity index (χ1n) is 6.91. The van der Waals surface area contributed by atoms with Crippen LogP contribution in [0.5, 0.6) is 0 Å². The summed E-state index contributed by atoms with van der Waals surface area (Å²) in [6.45, 7) is 4.01. The zero-order valence-corrected chi connectivity index (χ0v) is 11.1. The Morgan fingerprint density at radius 1 is 1.15 bits per heavy atom. The number of halogens is 2. The van der Waals surface area contributed by atoms with Crippen molar-refractivity contribution in [2.24, 2.45) is 17.8 Å². The standard InChI is InChI=1S/C17H16F2O/c1-10-2-7-16(20)17-12(4-5-13(10)17)8-11-3-6-14(18)15(19)9-11/h2-3,6-7,9,12-13,17H,1,4-5,8H2/t12-,13+,17+/m0/s1. The van der Waals surface area contributed by atoms with Gasteiger partial charge in [0.1, 0.15) is 0 Å². The summed E-state index contributed by atoms with van der Waals surface area (Å²) >= 11 is 0. The molecule has 0 amide bonds. The fourth-order valence-corrected chi connectivity index (χ4v) is 3.55. The molecule has 0 unspecified atom stereocenters. The van der Waals surface area contributed by atoms with Crippen molar-refractivity contribution in [1.82, 2.24) is 0 Å². The number of allylic oxidation sites excluding steroid dienone is 3. The van der Waals surface area contributed by atoms with Gasteiger partial charge in [0.05, 0.1) is 0 Å². The minimum Gasteiger partial charge on any atom is -0.295 e. The quantitative estimate of drug-likeness (QED) is 0.800. The van der Waals surface area contributed by atoms with E-state index < -0.39 is 11.6 Å². The van der Waals surface area contributed by atoms with E-state index in [-0.39, 0.29) is 23.5 Å². The van der Waals surface area contributed by atoms with Crippen LogP contribution in [-0.4, -0.2) is 5.78 Å². The molecule has 104 valence electrons. The van der Waals surface area contributed by atoms with E-state index in [2.05, 4.69) is 6.58 Å². The van der Waals surface area contributed by atoms with Crippen LogP contribution in [-0.2, 0) is 11.2 Å². The highest BCUT2D eigenvalue weighted by molar-refractivity contribution is 5.94. The van der Waals surface area contributed by atoms with Crippen molar-refractivity contribution in [2.75, 3.05) is 0 Å². The van der Waals surface area contributed by atoms with Crippen LogP contribution >= 0.6 is 0 Å². The Bertz CT molecular complexity index is 603. The predicted octanol–water partition coefficient (Wildman–Crippen LogP) is 3.84. The summed E-state index contributed by atoms with van der Waals surface area (Å²) in [5.41, 5.74) is 1.77. The Hall–Kier alpha value is -1.77. The Balaban J connectivity index is 1.81. The molecule has 20 heavy (non-hydrogen) atoms. The molecule has 0 radical (unpaired) electrons. The predicted molar refractivity (Wildman–Crippen MR) is 73.1 cm³/mol. The van der Waals surface area contributed by atoms with E-state index in [4.69, 9.17) is 0 Å². The zero-order chi connectivity index (χ0) is 14.3. The molecule has 0 spiro atoms. The van der Waals surface area contributed by atoms with Crippen LogP contribution in [0.1, 0.15) is 18.4 Å². The minimum atomic E-state index is -0.830. The first-order chi connectivity index (χ1) is 9.56. The fourth-order valence-electron chi connectivity index (χ4n) is 3.55. The number of benzene rings is 1. The van der Waals surface area contributed by atoms with Crippen LogP contribution in [0.3, 0.4) is 0 Å². The Morgan fingerprint density at radius 2 is 1.95 bits per heavy atom. The molecule has 0 heterocycles. The fraction of sp³-hybridized carbons (Fsp3) is 0.353. The molecule has 3 atom stereocenters. The average molecular weight is 274 g/mol. The smallest absolute Gasteiger partial charge is 0.159 e. The van der Waals surface area contributed by atoms with E-state index in [0.29, 0.717) is 6.42 Å². The Labute approximate surface area is 117 Å². The molecule has 0 saturated heterocycles. The molecule has 0 bridgehead atoms. The maximum atomic E-state index is 13.3. The van der Waals surface area contributed by atoms with E-state index in [1.165, 1.54) is 6.07 Å². The summed E-state index contributed by atoms with van der Waals surface area (Å²) in [7, 11) is 0. The van der Waals surface area contributed by atoms with E-state index in [9.17, 15) is 13.6 Å². The molecule has 1 aromatic carbocycles. The van der Waals surface area contributed by atoms with Gasteiger partial charge < -0.3 is 0 Å². The van der Waals surface area contributed by atoms with Crippen LogP contribution in [0.2, 0.25) is 0 Å².